The first-order valence-corrected chi connectivity index (χ1v) is 10.1. The van der Waals surface area contributed by atoms with Crippen molar-refractivity contribution in [3.8, 4) is 5.69 Å². The number of nitrogens with one attached hydrogen (secondary N) is 1. The molecule has 2 heterocycles. The molecule has 2 aliphatic rings. The van der Waals surface area contributed by atoms with E-state index in [-0.39, 0.29) is 17.6 Å². The lowest BCUT2D eigenvalue weighted by atomic mass is 9.92. The van der Waals surface area contributed by atoms with E-state index < -0.39 is 11.6 Å². The lowest BCUT2D eigenvalue weighted by Crippen LogP contribution is -2.48. The number of amides is 1. The van der Waals surface area contributed by atoms with E-state index in [1.165, 1.54) is 61.3 Å². The molecule has 0 bridgehead atoms. The van der Waals surface area contributed by atoms with Crippen LogP contribution in [0.1, 0.15) is 55.3 Å². The van der Waals surface area contributed by atoms with Gasteiger partial charge in [-0.05, 0) is 37.8 Å². The molecule has 7 heteroatoms. The smallest absolute Gasteiger partial charge is 0.254 e. The fourth-order valence-electron chi connectivity index (χ4n) is 4.36. The van der Waals surface area contributed by atoms with Crippen LogP contribution in [0.15, 0.2) is 30.6 Å². The molecule has 2 aromatic rings. The van der Waals surface area contributed by atoms with Crippen LogP contribution in [0.2, 0.25) is 0 Å². The lowest BCUT2D eigenvalue weighted by molar-refractivity contribution is 0.0865. The SMILES string of the molecule is O=C(NC1CCN(C2CCCCC2)CC1)c1cnn(-c2ccc(F)cc2F)c1. The van der Waals surface area contributed by atoms with E-state index in [9.17, 15) is 13.6 Å². The highest BCUT2D eigenvalue weighted by Crippen LogP contribution is 2.25. The molecule has 150 valence electrons. The number of piperidine rings is 1. The number of halogens is 2. The van der Waals surface area contributed by atoms with Crippen molar-refractivity contribution in [1.82, 2.24) is 20.0 Å². The first kappa shape index (κ1) is 19.1. The Kier molecular flexibility index (Phi) is 5.71. The summed E-state index contributed by atoms with van der Waals surface area (Å²) in [6, 6.07) is 4.14. The van der Waals surface area contributed by atoms with Crippen molar-refractivity contribution < 1.29 is 13.6 Å². The zero-order valence-corrected chi connectivity index (χ0v) is 15.9. The van der Waals surface area contributed by atoms with Gasteiger partial charge >= 0.3 is 0 Å². The zero-order chi connectivity index (χ0) is 19.5. The van der Waals surface area contributed by atoms with Crippen molar-refractivity contribution in [3.05, 3.63) is 47.8 Å². The lowest BCUT2D eigenvalue weighted by Gasteiger charge is -2.39. The highest BCUT2D eigenvalue weighted by molar-refractivity contribution is 5.94. The van der Waals surface area contributed by atoms with Crippen LogP contribution in [0, 0.1) is 11.6 Å². The number of likely N-dealkylation sites (tertiary alicyclic amines) is 1. The Labute approximate surface area is 163 Å². The van der Waals surface area contributed by atoms with Gasteiger partial charge in [-0.25, -0.2) is 13.5 Å². The van der Waals surface area contributed by atoms with Crippen LogP contribution in [-0.4, -0.2) is 45.8 Å². The fraction of sp³-hybridized carbons (Fsp3) is 0.524. The molecule has 0 radical (unpaired) electrons. The molecule has 1 amide bonds. The molecule has 28 heavy (non-hydrogen) atoms. The highest BCUT2D eigenvalue weighted by Gasteiger charge is 2.27. The van der Waals surface area contributed by atoms with Crippen molar-refractivity contribution in [2.45, 2.75) is 57.0 Å². The average molecular weight is 388 g/mol. The number of nitrogens with zero attached hydrogens (tertiary/aromatic N) is 3. The number of aromatic nitrogens is 2. The topological polar surface area (TPSA) is 50.2 Å². The summed E-state index contributed by atoms with van der Waals surface area (Å²) < 4.78 is 28.2. The van der Waals surface area contributed by atoms with Crippen LogP contribution in [0.5, 0.6) is 0 Å². The molecule has 0 spiro atoms. The van der Waals surface area contributed by atoms with Gasteiger partial charge in [-0.1, -0.05) is 19.3 Å². The normalized spacial score (nSPS) is 19.6. The third-order valence-corrected chi connectivity index (χ3v) is 5.96. The summed E-state index contributed by atoms with van der Waals surface area (Å²) in [6.07, 6.45) is 11.4. The molecule has 4 rings (SSSR count). The number of carbonyl (C=O) groups is 1. The molecule has 2 fully saturated rings. The maximum atomic E-state index is 13.9. The highest BCUT2D eigenvalue weighted by atomic mass is 19.1. The quantitative estimate of drug-likeness (QED) is 0.869. The second kappa shape index (κ2) is 8.39. The number of carbonyl (C=O) groups excluding carboxylic acids is 1. The molecule has 1 aliphatic heterocycles. The van der Waals surface area contributed by atoms with Crippen molar-refractivity contribution in [2.75, 3.05) is 13.1 Å². The number of rotatable bonds is 4. The van der Waals surface area contributed by atoms with E-state index in [4.69, 9.17) is 0 Å². The van der Waals surface area contributed by atoms with E-state index in [1.54, 1.807) is 0 Å². The Balaban J connectivity index is 1.33. The van der Waals surface area contributed by atoms with E-state index in [1.807, 2.05) is 0 Å². The van der Waals surface area contributed by atoms with Crippen molar-refractivity contribution in [3.63, 3.8) is 0 Å². The van der Waals surface area contributed by atoms with Gasteiger partial charge in [0.25, 0.3) is 5.91 Å². The Hall–Kier alpha value is -2.28. The molecule has 1 N–H and O–H groups in total. The van der Waals surface area contributed by atoms with Crippen LogP contribution in [0.25, 0.3) is 5.69 Å². The Morgan fingerprint density at radius 3 is 2.54 bits per heavy atom. The van der Waals surface area contributed by atoms with E-state index in [2.05, 4.69) is 15.3 Å². The van der Waals surface area contributed by atoms with Crippen molar-refractivity contribution >= 4 is 5.91 Å². The summed E-state index contributed by atoms with van der Waals surface area (Å²) in [4.78, 5) is 15.1. The first-order valence-electron chi connectivity index (χ1n) is 10.1. The molecular weight excluding hydrogens is 362 g/mol. The van der Waals surface area contributed by atoms with Crippen LogP contribution in [0.3, 0.4) is 0 Å². The summed E-state index contributed by atoms with van der Waals surface area (Å²) in [5, 5.41) is 7.12. The fourth-order valence-corrected chi connectivity index (χ4v) is 4.36. The van der Waals surface area contributed by atoms with Crippen molar-refractivity contribution in [2.24, 2.45) is 0 Å². The maximum absolute atomic E-state index is 13.9. The second-order valence-corrected chi connectivity index (χ2v) is 7.84. The minimum absolute atomic E-state index is 0.112. The molecule has 1 aliphatic carbocycles. The van der Waals surface area contributed by atoms with Crippen LogP contribution >= 0.6 is 0 Å². The Morgan fingerprint density at radius 1 is 1.07 bits per heavy atom. The van der Waals surface area contributed by atoms with Crippen molar-refractivity contribution in [1.29, 1.82) is 0 Å². The minimum Gasteiger partial charge on any atom is -0.349 e. The van der Waals surface area contributed by atoms with E-state index in [0.717, 1.165) is 32.0 Å². The van der Waals surface area contributed by atoms with Crippen LogP contribution in [0.4, 0.5) is 8.78 Å². The molecule has 0 unspecified atom stereocenters. The Bertz CT molecular complexity index is 824. The van der Waals surface area contributed by atoms with Crippen LogP contribution < -0.4 is 5.32 Å². The predicted octanol–water partition coefficient (Wildman–Crippen LogP) is 3.68. The predicted molar refractivity (Wildman–Crippen MR) is 102 cm³/mol. The third-order valence-electron chi connectivity index (χ3n) is 5.96. The second-order valence-electron chi connectivity index (χ2n) is 7.84. The molecule has 1 aromatic heterocycles. The minimum atomic E-state index is -0.717. The summed E-state index contributed by atoms with van der Waals surface area (Å²) in [7, 11) is 0. The zero-order valence-electron chi connectivity index (χ0n) is 15.9. The monoisotopic (exact) mass is 388 g/mol. The summed E-state index contributed by atoms with van der Waals surface area (Å²) >= 11 is 0. The third kappa shape index (κ3) is 4.24. The number of hydrogen-bond donors (Lipinski definition) is 1. The van der Waals surface area contributed by atoms with Gasteiger partial charge in [0.2, 0.25) is 0 Å². The molecule has 5 nitrogen and oxygen atoms in total. The summed E-state index contributed by atoms with van der Waals surface area (Å²) in [5.41, 5.74) is 0.486. The van der Waals surface area contributed by atoms with Gasteiger partial charge in [0.1, 0.15) is 11.5 Å². The van der Waals surface area contributed by atoms with E-state index in [0.29, 0.717) is 11.6 Å². The average Bonchev–Trinajstić information content (AvgIpc) is 3.19. The van der Waals surface area contributed by atoms with Gasteiger partial charge in [0, 0.05) is 37.4 Å². The first-order chi connectivity index (χ1) is 13.6. The summed E-state index contributed by atoms with van der Waals surface area (Å²) in [6.45, 7) is 2.05. The Morgan fingerprint density at radius 2 is 1.82 bits per heavy atom. The van der Waals surface area contributed by atoms with Gasteiger partial charge in [-0.3, -0.25) is 4.79 Å². The molecule has 1 saturated carbocycles. The number of benzene rings is 1. The van der Waals surface area contributed by atoms with Gasteiger partial charge < -0.3 is 10.2 Å². The molecule has 1 saturated heterocycles. The van der Waals surface area contributed by atoms with Crippen LogP contribution in [-0.2, 0) is 0 Å². The van der Waals surface area contributed by atoms with Gasteiger partial charge in [-0.2, -0.15) is 5.10 Å². The van der Waals surface area contributed by atoms with E-state index >= 15 is 0 Å². The largest absolute Gasteiger partial charge is 0.349 e. The maximum Gasteiger partial charge on any atom is 0.254 e. The molecular formula is C21H26F2N4O. The van der Waals surface area contributed by atoms with Gasteiger partial charge in [0.15, 0.2) is 5.82 Å². The van der Waals surface area contributed by atoms with Gasteiger partial charge in [-0.15, -0.1) is 0 Å². The van der Waals surface area contributed by atoms with Gasteiger partial charge in [0.05, 0.1) is 11.8 Å². The number of hydrogen-bond acceptors (Lipinski definition) is 3. The summed E-state index contributed by atoms with van der Waals surface area (Å²) in [5.74, 6) is -1.57. The molecule has 1 aromatic carbocycles. The standard InChI is InChI=1S/C21H26F2N4O/c22-16-6-7-20(19(23)12-16)27-14-15(13-24-27)21(28)25-17-8-10-26(11-9-17)18-4-2-1-3-5-18/h6-7,12-14,17-18H,1-5,8-11H2,(H,25,28). The molecule has 0 atom stereocenters.